The lowest BCUT2D eigenvalue weighted by Crippen LogP contribution is -2.61. The summed E-state index contributed by atoms with van der Waals surface area (Å²) in [6.07, 6.45) is -4.28. The number of carbonyl (C=O) groups excluding carboxylic acids is 11. The van der Waals surface area contributed by atoms with Crippen molar-refractivity contribution in [2.45, 2.75) is 175 Å². The molecule has 33 nitrogen and oxygen atoms in total. The van der Waals surface area contributed by atoms with Gasteiger partial charge in [-0.15, -0.1) is 0 Å². The topological polar surface area (TPSA) is 549 Å². The molecule has 0 spiro atoms. The highest BCUT2D eigenvalue weighted by Crippen LogP contribution is 2.27. The first-order valence-corrected chi connectivity index (χ1v) is 33.9. The number of carbonyl (C=O) groups is 11. The number of phenolic OH excluding ortho intramolecular Hbond substituents is 1. The van der Waals surface area contributed by atoms with Crippen LogP contribution in [-0.2, 0) is 75.1 Å². The van der Waals surface area contributed by atoms with E-state index < -0.39 is 170 Å². The number of aliphatic hydroxyl groups is 4. The number of primary amides is 2. The number of phenols is 1. The fourth-order valence-corrected chi connectivity index (χ4v) is 12.7. The van der Waals surface area contributed by atoms with Crippen LogP contribution in [0.2, 0.25) is 0 Å². The molecule has 3 aliphatic heterocycles. The highest BCUT2D eigenvalue weighted by Gasteiger charge is 2.45. The Morgan fingerprint density at radius 3 is 1.95 bits per heavy atom. The molecule has 0 saturated carbocycles. The summed E-state index contributed by atoms with van der Waals surface area (Å²) < 4.78 is 10.9. The van der Waals surface area contributed by atoms with Crippen molar-refractivity contribution in [3.05, 3.63) is 65.7 Å². The van der Waals surface area contributed by atoms with Crippen LogP contribution >= 0.6 is 21.6 Å². The molecule has 3 heterocycles. The van der Waals surface area contributed by atoms with Crippen molar-refractivity contribution in [2.24, 2.45) is 33.7 Å². The quantitative estimate of drug-likeness (QED) is 0.0150. The summed E-state index contributed by atoms with van der Waals surface area (Å²) in [7, 11) is 1.98. The van der Waals surface area contributed by atoms with Crippen LogP contribution in [0.3, 0.4) is 0 Å². The van der Waals surface area contributed by atoms with Gasteiger partial charge < -0.3 is 111 Å². The number of hydrogen-bond donors (Lipinski definition) is 18. The molecule has 23 N–H and O–H groups in total. The summed E-state index contributed by atoms with van der Waals surface area (Å²) in [5.74, 6) is -10.4. The van der Waals surface area contributed by atoms with Crippen LogP contribution < -0.4 is 71.2 Å². The molecule has 3 aliphatic rings. The predicted octanol–water partition coefficient (Wildman–Crippen LogP) is -5.62. The summed E-state index contributed by atoms with van der Waals surface area (Å²) in [6, 6.07) is 2.53. The fraction of sp³-hybridized carbons (Fsp3) is 0.600. The highest BCUT2D eigenvalue weighted by molar-refractivity contribution is 8.76. The van der Waals surface area contributed by atoms with Gasteiger partial charge in [0.05, 0.1) is 25.6 Å². The van der Waals surface area contributed by atoms with E-state index >= 15 is 0 Å². The van der Waals surface area contributed by atoms with Gasteiger partial charge in [-0.25, -0.2) is 0 Å². The van der Waals surface area contributed by atoms with E-state index in [4.69, 9.17) is 38.1 Å². The zero-order valence-electron chi connectivity index (χ0n) is 52.6. The lowest BCUT2D eigenvalue weighted by molar-refractivity contribution is -0.301. The molecular formula is C60H91N15O18S2. The van der Waals surface area contributed by atoms with Gasteiger partial charge in [-0.2, -0.15) is 0 Å². The maximum atomic E-state index is 14.8. The number of likely N-dealkylation sites (tertiary alicyclic amines) is 1. The van der Waals surface area contributed by atoms with Crippen molar-refractivity contribution < 1.29 is 87.7 Å². The first-order valence-electron chi connectivity index (χ1n) is 31.4. The number of aromatic hydroxyl groups is 1. The number of aliphatic imine (C=N–C) groups is 1. The molecule has 95 heavy (non-hydrogen) atoms. The average molecular weight is 1370 g/mol. The van der Waals surface area contributed by atoms with Gasteiger partial charge in [-0.3, -0.25) is 57.7 Å². The fourth-order valence-electron chi connectivity index (χ4n) is 10.4. The van der Waals surface area contributed by atoms with E-state index in [9.17, 15) is 78.3 Å². The van der Waals surface area contributed by atoms with E-state index in [1.807, 2.05) is 0 Å². The molecule has 526 valence electrons. The third-order valence-corrected chi connectivity index (χ3v) is 18.1. The Morgan fingerprint density at radius 1 is 0.695 bits per heavy atom. The molecule has 0 unspecified atom stereocenters. The van der Waals surface area contributed by atoms with Gasteiger partial charge >= 0.3 is 0 Å². The standard InChI is InChI=1S/C60H91N15O18S2/c61-36-31-94-95-32-42(58(91)75-24-11-15-43(75)57(90)70-37(14-10-23-67-60(64)65)52(85)68-29-46(63)79)74-56(89)41(28-45(62)78)73-53(86)38(20-21-47(80)66-22-8-3-1-2-4-9-25-92-59-50(83)49(82)48(81)44(30-76)93-59)69-54(87)40(26-33-12-6-5-7-13-33)72-55(88)39(71-51(36)84)27-34-16-18-35(77)19-17-34/h5-7,12-13,16-19,36-44,48-50,59,76-77,81-83H,1-4,8-11,14-15,20-32,61H2,(H2,62,78)(H2,63,79)(H,66,80)(H,68,85)(H,69,87)(H,70,90)(H,71,84)(H,72,88)(H,73,86)(H,74,89)(H4,64,65,67)/t36-,37-,38-,39-,40-,41-,42-,43-,44+,48+,49-,50+,59+/m0/s1. The molecule has 2 aromatic carbocycles. The molecule has 0 aliphatic carbocycles. The van der Waals surface area contributed by atoms with Crippen LogP contribution in [0.5, 0.6) is 5.75 Å². The molecule has 0 bridgehead atoms. The molecule has 3 fully saturated rings. The summed E-state index contributed by atoms with van der Waals surface area (Å²) in [5.41, 5.74) is 29.3. The number of nitrogens with zero attached hydrogens (tertiary/aromatic N) is 2. The van der Waals surface area contributed by atoms with Crippen LogP contribution in [0.1, 0.15) is 94.6 Å². The zero-order valence-corrected chi connectivity index (χ0v) is 54.2. The molecule has 0 radical (unpaired) electrons. The minimum atomic E-state index is -1.84. The number of ether oxygens (including phenoxy) is 2. The normalized spacial score (nSPS) is 25.2. The zero-order chi connectivity index (χ0) is 69.6. The predicted molar refractivity (Wildman–Crippen MR) is 347 cm³/mol. The van der Waals surface area contributed by atoms with Crippen molar-refractivity contribution in [1.82, 2.24) is 47.4 Å². The molecule has 5 rings (SSSR count). The Labute approximate surface area is 556 Å². The van der Waals surface area contributed by atoms with Crippen molar-refractivity contribution in [1.29, 1.82) is 0 Å². The third-order valence-electron chi connectivity index (χ3n) is 15.7. The second kappa shape index (κ2) is 40.5. The van der Waals surface area contributed by atoms with Crippen molar-refractivity contribution in [2.75, 3.05) is 50.9 Å². The van der Waals surface area contributed by atoms with Crippen LogP contribution in [0, 0.1) is 0 Å². The van der Waals surface area contributed by atoms with Gasteiger partial charge in [0.2, 0.25) is 65.0 Å². The van der Waals surface area contributed by atoms with Gasteiger partial charge in [-0.1, -0.05) is 89.7 Å². The molecule has 35 heteroatoms. The average Bonchev–Trinajstić information content (AvgIpc) is 1.66. The minimum absolute atomic E-state index is 0.0170. The molecule has 13 atom stereocenters. The monoisotopic (exact) mass is 1370 g/mol. The number of aliphatic hydroxyl groups excluding tert-OH is 4. The smallest absolute Gasteiger partial charge is 0.246 e. The lowest BCUT2D eigenvalue weighted by Gasteiger charge is -2.39. The van der Waals surface area contributed by atoms with Crippen molar-refractivity contribution >= 4 is 92.5 Å². The second-order valence-corrected chi connectivity index (χ2v) is 25.7. The Morgan fingerprint density at radius 2 is 1.29 bits per heavy atom. The SMILES string of the molecule is NC(=O)CNC(=O)[C@H](CCCN=C(N)N)NC(=O)[C@@H]1CCCN1C(=O)[C@@H]1CSSC[C@H](N)C(=O)N[C@@H](Cc2ccc(O)cc2)C(=O)N[C@@H](Cc2ccccc2)C(=O)N[C@@H](CCC(=O)NCCCCCCCCO[C@@H]2O[C@H](CO)[C@@H](O)[C@H](O)[C@H]2O)C(=O)N[C@@H](CC(N)=O)C(=O)N1. The molecule has 11 amide bonds. The highest BCUT2D eigenvalue weighted by atomic mass is 33.1. The van der Waals surface area contributed by atoms with Gasteiger partial charge in [0.25, 0.3) is 0 Å². The Kier molecular flexibility index (Phi) is 33.2. The molecule has 3 saturated heterocycles. The van der Waals surface area contributed by atoms with E-state index in [1.54, 1.807) is 30.3 Å². The second-order valence-electron chi connectivity index (χ2n) is 23.2. The summed E-state index contributed by atoms with van der Waals surface area (Å²) in [6.45, 7) is -0.692. The van der Waals surface area contributed by atoms with Crippen LogP contribution in [0.15, 0.2) is 59.6 Å². The van der Waals surface area contributed by atoms with Crippen LogP contribution in [0.4, 0.5) is 0 Å². The molecule has 2 aromatic rings. The Hall–Kier alpha value is -7.90. The van der Waals surface area contributed by atoms with E-state index in [1.165, 1.54) is 29.2 Å². The van der Waals surface area contributed by atoms with Crippen molar-refractivity contribution in [3.63, 3.8) is 0 Å². The summed E-state index contributed by atoms with van der Waals surface area (Å²) >= 11 is 0. The number of rotatable bonds is 30. The van der Waals surface area contributed by atoms with Crippen molar-refractivity contribution in [3.8, 4) is 5.75 Å². The number of benzene rings is 2. The van der Waals surface area contributed by atoms with E-state index in [0.29, 0.717) is 30.4 Å². The minimum Gasteiger partial charge on any atom is -0.508 e. The third kappa shape index (κ3) is 26.7. The maximum Gasteiger partial charge on any atom is 0.246 e. The van der Waals surface area contributed by atoms with E-state index in [0.717, 1.165) is 40.9 Å². The summed E-state index contributed by atoms with van der Waals surface area (Å²) in [5, 5.41) is 70.6. The Balaban J connectivity index is 1.38. The van der Waals surface area contributed by atoms with Crippen LogP contribution in [0.25, 0.3) is 0 Å². The molecular weight excluding hydrogens is 1280 g/mol. The van der Waals surface area contributed by atoms with E-state index in [-0.39, 0.29) is 94.4 Å². The first kappa shape index (κ1) is 77.8. The number of unbranched alkanes of at least 4 members (excludes halogenated alkanes) is 5. The Bertz CT molecular complexity index is 2920. The van der Waals surface area contributed by atoms with Gasteiger partial charge in [0, 0.05) is 57.0 Å². The van der Waals surface area contributed by atoms with E-state index in [2.05, 4.69) is 47.5 Å². The van der Waals surface area contributed by atoms with Gasteiger partial charge in [0.15, 0.2) is 12.2 Å². The number of hydrogen-bond acceptors (Lipinski definition) is 22. The maximum absolute atomic E-state index is 14.8. The lowest BCUT2D eigenvalue weighted by atomic mass is 9.99. The van der Waals surface area contributed by atoms with Gasteiger partial charge in [-0.05, 0) is 68.2 Å². The largest absolute Gasteiger partial charge is 0.508 e. The number of amides is 11. The van der Waals surface area contributed by atoms with Crippen LogP contribution in [-0.4, -0.2) is 231 Å². The number of nitrogens with two attached hydrogens (primary N) is 5. The first-order chi connectivity index (χ1) is 45.3. The van der Waals surface area contributed by atoms with Gasteiger partial charge in [0.1, 0.15) is 72.5 Å². The molecule has 0 aromatic heterocycles. The number of nitrogens with one attached hydrogen (secondary N) is 8. The summed E-state index contributed by atoms with van der Waals surface area (Å²) in [4.78, 5) is 158. The number of guanidine groups is 1.